The molecule has 0 spiro atoms. The van der Waals surface area contributed by atoms with Crippen molar-refractivity contribution < 1.29 is 0 Å². The van der Waals surface area contributed by atoms with Crippen LogP contribution in [0, 0.1) is 0 Å². The van der Waals surface area contributed by atoms with Crippen molar-refractivity contribution in [2.75, 3.05) is 5.84 Å². The molecule has 0 saturated heterocycles. The summed E-state index contributed by atoms with van der Waals surface area (Å²) in [7, 11) is 0. The van der Waals surface area contributed by atoms with Crippen LogP contribution in [0.3, 0.4) is 0 Å². The molecule has 4 nitrogen and oxygen atoms in total. The van der Waals surface area contributed by atoms with Gasteiger partial charge in [0, 0.05) is 0 Å². The Morgan fingerprint density at radius 2 is 1.70 bits per heavy atom. The van der Waals surface area contributed by atoms with Crippen LogP contribution in [0.15, 0.2) is 0 Å². The molecule has 1 heterocycles. The van der Waals surface area contributed by atoms with Gasteiger partial charge in [0.05, 0.1) is 11.4 Å². The van der Waals surface area contributed by atoms with Crippen LogP contribution in [-0.4, -0.2) is 15.1 Å². The maximum Gasteiger partial charge on any atom is 0.0881 e. The summed E-state index contributed by atoms with van der Waals surface area (Å²) >= 11 is 0. The second-order valence-electron chi connectivity index (χ2n) is 2.27. The Balaban J connectivity index is 0.000000500. The SMILES string of the molecule is Br.Nn1nc2c(n1)CCC2. The molecule has 2 rings (SSSR count). The Morgan fingerprint density at radius 3 is 2.20 bits per heavy atom. The van der Waals surface area contributed by atoms with Crippen molar-refractivity contribution in [1.82, 2.24) is 15.1 Å². The number of aryl methyl sites for hydroxylation is 2. The lowest BCUT2D eigenvalue weighted by atomic mass is 10.4. The van der Waals surface area contributed by atoms with Gasteiger partial charge in [0.1, 0.15) is 0 Å². The number of hydrogen-bond donors (Lipinski definition) is 1. The monoisotopic (exact) mass is 204 g/mol. The van der Waals surface area contributed by atoms with E-state index in [1.54, 1.807) is 0 Å². The fourth-order valence-corrected chi connectivity index (χ4v) is 1.20. The minimum atomic E-state index is 0. The van der Waals surface area contributed by atoms with Crippen molar-refractivity contribution in [2.45, 2.75) is 19.3 Å². The minimum absolute atomic E-state index is 0. The Morgan fingerprint density at radius 1 is 1.20 bits per heavy atom. The molecular formula is C5H9BrN4. The molecule has 0 saturated carbocycles. The van der Waals surface area contributed by atoms with Crippen molar-refractivity contribution in [1.29, 1.82) is 0 Å². The van der Waals surface area contributed by atoms with Crippen molar-refractivity contribution in [3.05, 3.63) is 11.4 Å². The molecule has 0 amide bonds. The van der Waals surface area contributed by atoms with E-state index in [2.05, 4.69) is 10.2 Å². The molecule has 0 radical (unpaired) electrons. The van der Waals surface area contributed by atoms with Gasteiger partial charge in [-0.2, -0.15) is 0 Å². The van der Waals surface area contributed by atoms with Gasteiger partial charge >= 0.3 is 0 Å². The van der Waals surface area contributed by atoms with Crippen molar-refractivity contribution in [2.24, 2.45) is 0 Å². The number of halogens is 1. The molecule has 0 bridgehead atoms. The quantitative estimate of drug-likeness (QED) is 0.609. The van der Waals surface area contributed by atoms with Crippen LogP contribution in [0.2, 0.25) is 0 Å². The molecule has 0 unspecified atom stereocenters. The van der Waals surface area contributed by atoms with Crippen LogP contribution in [0.1, 0.15) is 17.8 Å². The first kappa shape index (κ1) is 7.53. The molecule has 1 aliphatic carbocycles. The first-order valence-corrected chi connectivity index (χ1v) is 3.06. The minimum Gasteiger partial charge on any atom is -0.306 e. The maximum absolute atomic E-state index is 5.28. The molecule has 0 atom stereocenters. The molecule has 1 aliphatic rings. The molecule has 1 aromatic rings. The maximum atomic E-state index is 5.28. The summed E-state index contributed by atoms with van der Waals surface area (Å²) in [6, 6.07) is 0. The summed E-state index contributed by atoms with van der Waals surface area (Å²) in [5.41, 5.74) is 2.16. The molecule has 2 N–H and O–H groups in total. The summed E-state index contributed by atoms with van der Waals surface area (Å²) in [5.74, 6) is 5.28. The van der Waals surface area contributed by atoms with Gasteiger partial charge in [0.25, 0.3) is 0 Å². The van der Waals surface area contributed by atoms with Gasteiger partial charge in [0.15, 0.2) is 0 Å². The number of nitrogens with zero attached hydrogens (tertiary/aromatic N) is 3. The number of rotatable bonds is 0. The Labute approximate surface area is 69.1 Å². The number of nitrogens with two attached hydrogens (primary N) is 1. The lowest BCUT2D eigenvalue weighted by Crippen LogP contribution is -2.12. The highest BCUT2D eigenvalue weighted by Gasteiger charge is 2.15. The molecule has 0 aromatic carbocycles. The molecule has 0 fully saturated rings. The fourth-order valence-electron chi connectivity index (χ4n) is 1.20. The zero-order chi connectivity index (χ0) is 6.27. The summed E-state index contributed by atoms with van der Waals surface area (Å²) < 4.78 is 0. The predicted octanol–water partition coefficient (Wildman–Crippen LogP) is 0.0585. The highest BCUT2D eigenvalue weighted by molar-refractivity contribution is 8.93. The van der Waals surface area contributed by atoms with Gasteiger partial charge < -0.3 is 5.84 Å². The third-order valence-corrected chi connectivity index (χ3v) is 1.61. The van der Waals surface area contributed by atoms with Gasteiger partial charge in [-0.15, -0.1) is 27.2 Å². The average Bonchev–Trinajstić information content (AvgIpc) is 2.22. The highest BCUT2D eigenvalue weighted by atomic mass is 79.9. The fraction of sp³-hybridized carbons (Fsp3) is 0.600. The molecule has 56 valence electrons. The number of fused-ring (bicyclic) bond motifs is 1. The second kappa shape index (κ2) is 2.57. The third kappa shape index (κ3) is 1.01. The highest BCUT2D eigenvalue weighted by Crippen LogP contribution is 2.15. The number of hydrogen-bond acceptors (Lipinski definition) is 3. The van der Waals surface area contributed by atoms with E-state index >= 15 is 0 Å². The van der Waals surface area contributed by atoms with Gasteiger partial charge in [0.2, 0.25) is 0 Å². The Bertz CT molecular complexity index is 210. The van der Waals surface area contributed by atoms with Crippen molar-refractivity contribution in [3.63, 3.8) is 0 Å². The van der Waals surface area contributed by atoms with E-state index in [-0.39, 0.29) is 17.0 Å². The largest absolute Gasteiger partial charge is 0.306 e. The standard InChI is InChI=1S/C5H8N4.BrH/c6-9-7-4-2-1-3-5(4)8-9;/h1-3,6H2;1H. The Hall–Kier alpha value is -0.580. The first-order valence-electron chi connectivity index (χ1n) is 3.06. The molecule has 5 heteroatoms. The zero-order valence-electron chi connectivity index (χ0n) is 5.45. The van der Waals surface area contributed by atoms with E-state index in [1.165, 1.54) is 6.42 Å². The van der Waals surface area contributed by atoms with Crippen LogP contribution in [0.4, 0.5) is 0 Å². The topological polar surface area (TPSA) is 56.7 Å². The van der Waals surface area contributed by atoms with Crippen LogP contribution in [0.5, 0.6) is 0 Å². The van der Waals surface area contributed by atoms with Crippen LogP contribution >= 0.6 is 17.0 Å². The summed E-state index contributed by atoms with van der Waals surface area (Å²) in [6.45, 7) is 0. The zero-order valence-corrected chi connectivity index (χ0v) is 7.16. The first-order chi connectivity index (χ1) is 4.36. The summed E-state index contributed by atoms with van der Waals surface area (Å²) in [5, 5.41) is 7.95. The third-order valence-electron chi connectivity index (χ3n) is 1.61. The molecule has 1 aromatic heterocycles. The number of aromatic nitrogens is 3. The lowest BCUT2D eigenvalue weighted by molar-refractivity contribution is 0.668. The Kier molecular flexibility index (Phi) is 1.94. The van der Waals surface area contributed by atoms with E-state index < -0.39 is 0 Å². The van der Waals surface area contributed by atoms with E-state index in [1.807, 2.05) is 0 Å². The predicted molar refractivity (Wildman–Crippen MR) is 42.5 cm³/mol. The lowest BCUT2D eigenvalue weighted by Gasteiger charge is -1.84. The summed E-state index contributed by atoms with van der Waals surface area (Å²) in [6.07, 6.45) is 3.28. The van der Waals surface area contributed by atoms with Crippen molar-refractivity contribution >= 4 is 17.0 Å². The van der Waals surface area contributed by atoms with Gasteiger partial charge in [-0.1, -0.05) is 4.91 Å². The van der Waals surface area contributed by atoms with E-state index in [4.69, 9.17) is 5.84 Å². The summed E-state index contributed by atoms with van der Waals surface area (Å²) in [4.78, 5) is 1.16. The number of nitrogen functional groups attached to an aromatic ring is 1. The normalized spacial score (nSPS) is 14.4. The smallest absolute Gasteiger partial charge is 0.0881 e. The average molecular weight is 205 g/mol. The van der Waals surface area contributed by atoms with Crippen molar-refractivity contribution in [3.8, 4) is 0 Å². The van der Waals surface area contributed by atoms with E-state index in [0.717, 1.165) is 29.1 Å². The van der Waals surface area contributed by atoms with E-state index in [9.17, 15) is 0 Å². The van der Waals surface area contributed by atoms with Crippen LogP contribution < -0.4 is 5.84 Å². The van der Waals surface area contributed by atoms with Gasteiger partial charge in [-0.3, -0.25) is 0 Å². The van der Waals surface area contributed by atoms with Gasteiger partial charge in [-0.25, -0.2) is 0 Å². The van der Waals surface area contributed by atoms with Crippen LogP contribution in [-0.2, 0) is 12.8 Å². The van der Waals surface area contributed by atoms with Crippen LogP contribution in [0.25, 0.3) is 0 Å². The molecular weight excluding hydrogens is 196 g/mol. The van der Waals surface area contributed by atoms with E-state index in [0.29, 0.717) is 0 Å². The second-order valence-corrected chi connectivity index (χ2v) is 2.27. The molecule has 0 aliphatic heterocycles. The molecule has 10 heavy (non-hydrogen) atoms. The van der Waals surface area contributed by atoms with Gasteiger partial charge in [-0.05, 0) is 19.3 Å².